The fraction of sp³-hybridized carbons (Fsp3) is 0.727. The van der Waals surface area contributed by atoms with E-state index in [2.05, 4.69) is 15.5 Å². The monoisotopic (exact) mass is 1020 g/mol. The van der Waals surface area contributed by atoms with Gasteiger partial charge in [-0.05, 0) is 117 Å². The molecule has 1 saturated carbocycles. The minimum Gasteiger partial charge on any atom is -0.460 e. The zero-order valence-corrected chi connectivity index (χ0v) is 45.2. The van der Waals surface area contributed by atoms with E-state index in [4.69, 9.17) is 28.9 Å². The van der Waals surface area contributed by atoms with E-state index in [-0.39, 0.29) is 60.9 Å². The lowest BCUT2D eigenvalue weighted by molar-refractivity contribution is -0.265. The second kappa shape index (κ2) is 29.4. The van der Waals surface area contributed by atoms with E-state index in [0.29, 0.717) is 63.4 Å². The predicted octanol–water partition coefficient (Wildman–Crippen LogP) is 6.97. The van der Waals surface area contributed by atoms with Gasteiger partial charge in [0.2, 0.25) is 5.79 Å². The summed E-state index contributed by atoms with van der Waals surface area (Å²) in [5.41, 5.74) is 1.27. The van der Waals surface area contributed by atoms with Gasteiger partial charge in [-0.2, -0.15) is 5.26 Å². The highest BCUT2D eigenvalue weighted by atomic mass is 16.6. The number of ketones is 3. The van der Waals surface area contributed by atoms with Gasteiger partial charge >= 0.3 is 5.97 Å². The molecule has 1 aliphatic carbocycles. The number of aliphatic hydroxyl groups is 2. The number of rotatable bonds is 7. The lowest BCUT2D eigenvalue weighted by atomic mass is 9.77. The number of hydrogen-bond acceptors (Lipinski definition) is 16. The lowest BCUT2D eigenvalue weighted by Crippen LogP contribution is -2.61. The van der Waals surface area contributed by atoms with E-state index in [1.165, 1.54) is 12.0 Å². The van der Waals surface area contributed by atoms with E-state index in [1.807, 2.05) is 71.1 Å². The van der Waals surface area contributed by atoms with Crippen LogP contribution in [0, 0.1) is 46.8 Å². The van der Waals surface area contributed by atoms with Crippen LogP contribution in [-0.2, 0) is 47.7 Å². The first kappa shape index (κ1) is 60.8. The van der Waals surface area contributed by atoms with Crippen molar-refractivity contribution in [3.05, 3.63) is 53.9 Å². The molecule has 0 aromatic carbocycles. The van der Waals surface area contributed by atoms with Gasteiger partial charge in [-0.25, -0.2) is 9.48 Å². The summed E-state index contributed by atoms with van der Waals surface area (Å²) < 4.78 is 31.6. The SMILES string of the molecule is CCC#N.CO[C@H]1CC2CC[C@@H](C)[C@@](O)(O2)C(=O)C(=O)N2CCCC[C@H]2C(=O)O[C@H]([C@H](C)C[C@@H]2CC[C@H](n3cnnn3)[C@H](OC)C2)CC(=O)[C@H](C)/C=C(\C)[C@@H](O)[C@@H](OC)C(=O)[C@H](C)C[C@H](C)/C=C/C=C/C=C/1C. The van der Waals surface area contributed by atoms with Gasteiger partial charge in [0.05, 0.1) is 30.4 Å². The summed E-state index contributed by atoms with van der Waals surface area (Å²) in [7, 11) is 4.62. The van der Waals surface area contributed by atoms with Gasteiger partial charge in [0.1, 0.15) is 36.5 Å². The second-order valence-electron chi connectivity index (χ2n) is 20.9. The summed E-state index contributed by atoms with van der Waals surface area (Å²) in [6.07, 6.45) is 14.6. The van der Waals surface area contributed by atoms with Crippen LogP contribution >= 0.6 is 0 Å². The third-order valence-electron chi connectivity index (χ3n) is 15.3. The molecule has 1 aromatic heterocycles. The molecule has 0 spiro atoms. The first-order valence-electron chi connectivity index (χ1n) is 26.3. The Labute approximate surface area is 432 Å². The molecule has 2 saturated heterocycles. The average molecular weight is 1020 g/mol. The molecule has 18 nitrogen and oxygen atoms in total. The van der Waals surface area contributed by atoms with Crippen LogP contribution in [0.15, 0.2) is 53.9 Å². The van der Waals surface area contributed by atoms with Gasteiger partial charge in [-0.15, -0.1) is 5.10 Å². The number of carbonyl (C=O) groups is 5. The minimum absolute atomic E-state index is 0.0170. The Balaban J connectivity index is 0.00000278. The molecule has 4 heterocycles. The van der Waals surface area contributed by atoms with Crippen LogP contribution in [0.1, 0.15) is 145 Å². The molecule has 1 amide bonds. The number of nitrogens with zero attached hydrogens (tertiary/aromatic N) is 6. The van der Waals surface area contributed by atoms with Gasteiger partial charge in [0, 0.05) is 64.9 Å². The van der Waals surface area contributed by atoms with Gasteiger partial charge in [-0.1, -0.05) is 78.0 Å². The molecule has 4 aliphatic rings. The summed E-state index contributed by atoms with van der Waals surface area (Å²) >= 11 is 0. The van der Waals surface area contributed by atoms with Crippen molar-refractivity contribution < 1.29 is 57.9 Å². The van der Waals surface area contributed by atoms with Crippen molar-refractivity contribution in [2.75, 3.05) is 27.9 Å². The summed E-state index contributed by atoms with van der Waals surface area (Å²) in [5.74, 6) is -7.92. The van der Waals surface area contributed by atoms with E-state index < -0.39 is 77.8 Å². The molecular formula is C55H84N6O12. The molecule has 73 heavy (non-hydrogen) atoms. The Morgan fingerprint density at radius 1 is 0.918 bits per heavy atom. The number of cyclic esters (lactones) is 1. The molecule has 1 aromatic rings. The largest absolute Gasteiger partial charge is 0.460 e. The number of Topliss-reactive ketones (excluding diaryl/α,β-unsaturated/α-hetero) is 3. The summed E-state index contributed by atoms with van der Waals surface area (Å²) in [4.78, 5) is 72.3. The molecule has 2 bridgehead atoms. The van der Waals surface area contributed by atoms with E-state index >= 15 is 0 Å². The van der Waals surface area contributed by atoms with Gasteiger partial charge in [0.25, 0.3) is 11.7 Å². The maximum Gasteiger partial charge on any atom is 0.329 e. The first-order valence-corrected chi connectivity index (χ1v) is 26.3. The zero-order valence-electron chi connectivity index (χ0n) is 45.2. The number of aromatic nitrogens is 4. The number of allylic oxidation sites excluding steroid dienone is 6. The molecule has 3 aliphatic heterocycles. The van der Waals surface area contributed by atoms with Gasteiger partial charge < -0.3 is 38.8 Å². The van der Waals surface area contributed by atoms with Crippen LogP contribution in [0.3, 0.4) is 0 Å². The topological polar surface area (TPSA) is 243 Å². The molecular weight excluding hydrogens is 937 g/mol. The summed E-state index contributed by atoms with van der Waals surface area (Å²) in [6.45, 7) is 14.6. The fourth-order valence-corrected chi connectivity index (χ4v) is 10.7. The fourth-order valence-electron chi connectivity index (χ4n) is 10.7. The molecule has 18 heteroatoms. The molecule has 0 radical (unpaired) electrons. The summed E-state index contributed by atoms with van der Waals surface area (Å²) in [6, 6.07) is 0.736. The average Bonchev–Trinajstić information content (AvgIpc) is 3.93. The number of amides is 1. The number of carbonyl (C=O) groups excluding carboxylic acids is 5. The maximum absolute atomic E-state index is 14.5. The van der Waals surface area contributed by atoms with Crippen molar-refractivity contribution in [3.8, 4) is 6.07 Å². The molecule has 3 fully saturated rings. The van der Waals surface area contributed by atoms with Crippen LogP contribution in [-0.4, -0.2) is 141 Å². The van der Waals surface area contributed by atoms with Crippen molar-refractivity contribution in [1.82, 2.24) is 25.1 Å². The Morgan fingerprint density at radius 2 is 1.64 bits per heavy atom. The number of hydrogen-bond donors (Lipinski definition) is 2. The minimum atomic E-state index is -2.43. The van der Waals surface area contributed by atoms with Crippen molar-refractivity contribution >= 4 is 29.2 Å². The van der Waals surface area contributed by atoms with Crippen LogP contribution in [0.4, 0.5) is 0 Å². The highest BCUT2D eigenvalue weighted by Crippen LogP contribution is 2.39. The number of fused-ring (bicyclic) bond motifs is 3. The van der Waals surface area contributed by atoms with E-state index in [1.54, 1.807) is 52.1 Å². The lowest BCUT2D eigenvalue weighted by Gasteiger charge is -2.42. The third kappa shape index (κ3) is 16.6. The normalized spacial score (nSPS) is 36.9. The van der Waals surface area contributed by atoms with Crippen molar-refractivity contribution in [1.29, 1.82) is 5.26 Å². The molecule has 1 unspecified atom stereocenters. The van der Waals surface area contributed by atoms with Crippen LogP contribution in [0.2, 0.25) is 0 Å². The number of methoxy groups -OCH3 is 3. The second-order valence-corrected chi connectivity index (χ2v) is 20.9. The summed E-state index contributed by atoms with van der Waals surface area (Å²) in [5, 5.41) is 42.8. The van der Waals surface area contributed by atoms with E-state index in [0.717, 1.165) is 18.4 Å². The Hall–Kier alpha value is -4.77. The van der Waals surface area contributed by atoms with Crippen molar-refractivity contribution in [2.45, 2.75) is 193 Å². The number of nitriles is 1. The number of aliphatic hydroxyl groups excluding tert-OH is 1. The number of esters is 1. The molecule has 15 atom stereocenters. The number of tetrazole rings is 1. The predicted molar refractivity (Wildman–Crippen MR) is 272 cm³/mol. The Bertz CT molecular complexity index is 2140. The molecule has 5 rings (SSSR count). The zero-order chi connectivity index (χ0) is 54.0. The smallest absolute Gasteiger partial charge is 0.329 e. The maximum atomic E-state index is 14.5. The standard InChI is InChI=1S/C52H79N5O12.C3H5N/c1-31-16-12-11-13-17-32(2)43(65-8)28-39-21-19-37(7)52(64,69-39)49(61)50(62)56-23-15-14-18-41(56)51(63)68-44(34(4)26-38-20-22-40(45(27-38)66-9)57-30-53-54-55-57)29-42(58)33(3)25-36(6)47(60)48(67-10)46(59)35(5)24-31;1-2-3-4/h11-13,16-17,25,30-31,33-35,37-41,43-45,47-48,60,64H,14-15,18-24,26-29H2,1-10H3;2H2,1H3/b13-11+,16-12+,32-17+,36-25+;/t31-,33-,34-,35-,37-,38+,39?,40+,41+,43+,44+,45-,47-,48+,52-;/m1./s1. The molecule has 406 valence electrons. The van der Waals surface area contributed by atoms with Crippen molar-refractivity contribution in [2.24, 2.45) is 35.5 Å². The van der Waals surface area contributed by atoms with Gasteiger partial charge in [-0.3, -0.25) is 19.2 Å². The molecule has 2 N–H and O–H groups in total. The number of piperidine rings is 1. The van der Waals surface area contributed by atoms with Crippen LogP contribution in [0.25, 0.3) is 0 Å². The Morgan fingerprint density at radius 3 is 2.29 bits per heavy atom. The highest BCUT2D eigenvalue weighted by molar-refractivity contribution is 6.39. The van der Waals surface area contributed by atoms with E-state index in [9.17, 15) is 34.2 Å². The third-order valence-corrected chi connectivity index (χ3v) is 15.3. The number of ether oxygens (including phenoxy) is 5. The van der Waals surface area contributed by atoms with Gasteiger partial charge in [0.15, 0.2) is 5.78 Å². The van der Waals surface area contributed by atoms with Crippen LogP contribution < -0.4 is 0 Å². The quantitative estimate of drug-likeness (QED) is 0.159. The Kier molecular flexibility index (Phi) is 24.4. The van der Waals surface area contributed by atoms with Crippen LogP contribution in [0.5, 0.6) is 0 Å². The highest BCUT2D eigenvalue weighted by Gasteiger charge is 2.53. The first-order chi connectivity index (χ1) is 34.7. The van der Waals surface area contributed by atoms with Crippen molar-refractivity contribution in [3.63, 3.8) is 0 Å².